The average Bonchev–Trinajstić information content (AvgIpc) is 2.78. The maximum absolute atomic E-state index is 11.2. The summed E-state index contributed by atoms with van der Waals surface area (Å²) >= 11 is 0. The van der Waals surface area contributed by atoms with Crippen molar-refractivity contribution in [2.24, 2.45) is 0 Å². The van der Waals surface area contributed by atoms with Gasteiger partial charge in [-0.3, -0.25) is 0 Å². The Hall–Kier alpha value is -1.56. The van der Waals surface area contributed by atoms with E-state index in [4.69, 9.17) is 9.84 Å². The number of amides is 1. The lowest BCUT2D eigenvalue weighted by Crippen LogP contribution is -2.43. The van der Waals surface area contributed by atoms with Gasteiger partial charge >= 0.3 is 12.1 Å². The maximum atomic E-state index is 11.2. The van der Waals surface area contributed by atoms with E-state index in [1.54, 1.807) is 0 Å². The molecular formula is C11H17NO5. The first-order valence-corrected chi connectivity index (χ1v) is 5.52. The molecule has 96 valence electrons. The summed E-state index contributed by atoms with van der Waals surface area (Å²) in [5, 5.41) is 11.3. The average molecular weight is 243 g/mol. The quantitative estimate of drug-likeness (QED) is 0.678. The Kier molecular flexibility index (Phi) is 5.48. The van der Waals surface area contributed by atoms with Crippen molar-refractivity contribution in [3.63, 3.8) is 0 Å². The van der Waals surface area contributed by atoms with E-state index in [0.29, 0.717) is 6.61 Å². The van der Waals surface area contributed by atoms with Crippen LogP contribution in [0.15, 0.2) is 12.7 Å². The van der Waals surface area contributed by atoms with Crippen molar-refractivity contribution in [3.8, 4) is 0 Å². The second-order valence-electron chi connectivity index (χ2n) is 3.79. The summed E-state index contributed by atoms with van der Waals surface area (Å²) in [6.45, 7) is 4.09. The van der Waals surface area contributed by atoms with Crippen LogP contribution < -0.4 is 5.32 Å². The van der Waals surface area contributed by atoms with Gasteiger partial charge in [-0.25, -0.2) is 9.59 Å². The highest BCUT2D eigenvalue weighted by atomic mass is 16.5. The normalized spacial score (nSPS) is 20.6. The summed E-state index contributed by atoms with van der Waals surface area (Å²) in [7, 11) is 0. The fraction of sp³-hybridized carbons (Fsp3) is 0.636. The molecule has 1 heterocycles. The first-order valence-electron chi connectivity index (χ1n) is 5.52. The summed E-state index contributed by atoms with van der Waals surface area (Å²) in [6, 6.07) is -0.976. The number of aliphatic carboxylic acids is 1. The van der Waals surface area contributed by atoms with Crippen LogP contribution in [0.4, 0.5) is 4.79 Å². The van der Waals surface area contributed by atoms with E-state index in [1.807, 2.05) is 0 Å². The third-order valence-electron chi connectivity index (χ3n) is 2.45. The molecule has 0 saturated carbocycles. The van der Waals surface area contributed by atoms with Crippen molar-refractivity contribution in [2.75, 3.05) is 13.2 Å². The van der Waals surface area contributed by atoms with Gasteiger partial charge in [0.15, 0.2) is 0 Å². The van der Waals surface area contributed by atoms with Crippen LogP contribution in [0, 0.1) is 0 Å². The number of hydrogen-bond donors (Lipinski definition) is 2. The minimum absolute atomic E-state index is 0.0537. The van der Waals surface area contributed by atoms with Gasteiger partial charge in [0.05, 0.1) is 6.10 Å². The van der Waals surface area contributed by atoms with Crippen molar-refractivity contribution < 1.29 is 24.2 Å². The Bertz CT molecular complexity index is 286. The maximum Gasteiger partial charge on any atom is 0.408 e. The number of carboxylic acid groups (broad SMARTS) is 1. The van der Waals surface area contributed by atoms with Crippen LogP contribution in [0.25, 0.3) is 0 Å². The van der Waals surface area contributed by atoms with Crippen LogP contribution in [-0.4, -0.2) is 42.5 Å². The zero-order chi connectivity index (χ0) is 12.7. The van der Waals surface area contributed by atoms with Gasteiger partial charge in [0, 0.05) is 13.0 Å². The van der Waals surface area contributed by atoms with E-state index >= 15 is 0 Å². The Balaban J connectivity index is 2.39. The number of ether oxygens (including phenoxy) is 2. The molecule has 0 radical (unpaired) electrons. The van der Waals surface area contributed by atoms with Gasteiger partial charge in [-0.15, -0.1) is 0 Å². The molecule has 0 spiro atoms. The van der Waals surface area contributed by atoms with E-state index in [-0.39, 0.29) is 19.1 Å². The molecule has 1 aliphatic rings. The number of hydrogen-bond acceptors (Lipinski definition) is 4. The molecule has 0 bridgehead atoms. The van der Waals surface area contributed by atoms with Crippen LogP contribution in [0.3, 0.4) is 0 Å². The lowest BCUT2D eigenvalue weighted by Gasteiger charge is -2.17. The minimum atomic E-state index is -1.09. The lowest BCUT2D eigenvalue weighted by molar-refractivity contribution is -0.140. The summed E-state index contributed by atoms with van der Waals surface area (Å²) in [6.07, 6.45) is 2.57. The van der Waals surface area contributed by atoms with Gasteiger partial charge in [-0.2, -0.15) is 0 Å². The molecule has 6 heteroatoms. The number of carboxylic acids is 1. The Morgan fingerprint density at radius 1 is 1.65 bits per heavy atom. The monoisotopic (exact) mass is 243 g/mol. The molecule has 6 nitrogen and oxygen atoms in total. The summed E-state index contributed by atoms with van der Waals surface area (Å²) in [5.74, 6) is -1.09. The fourth-order valence-electron chi connectivity index (χ4n) is 1.63. The molecule has 2 N–H and O–H groups in total. The largest absolute Gasteiger partial charge is 0.480 e. The predicted octanol–water partition coefficient (Wildman–Crippen LogP) is 0.921. The molecule has 1 unspecified atom stereocenters. The molecule has 0 aromatic rings. The van der Waals surface area contributed by atoms with Gasteiger partial charge in [0.25, 0.3) is 0 Å². The molecular weight excluding hydrogens is 226 g/mol. The first-order chi connectivity index (χ1) is 8.13. The molecule has 1 amide bonds. The first kappa shape index (κ1) is 13.5. The van der Waals surface area contributed by atoms with E-state index in [0.717, 1.165) is 12.8 Å². The SMILES string of the molecule is C=CCOC(=O)NC(C[C@H]1CCCO1)C(=O)O. The molecule has 1 fully saturated rings. The molecule has 0 aliphatic carbocycles. The smallest absolute Gasteiger partial charge is 0.408 e. The zero-order valence-electron chi connectivity index (χ0n) is 9.55. The van der Waals surface area contributed by atoms with Crippen molar-refractivity contribution in [1.82, 2.24) is 5.32 Å². The van der Waals surface area contributed by atoms with Crippen LogP contribution in [0.2, 0.25) is 0 Å². The Morgan fingerprint density at radius 2 is 2.41 bits per heavy atom. The van der Waals surface area contributed by atoms with Gasteiger partial charge < -0.3 is 19.9 Å². The Morgan fingerprint density at radius 3 is 2.94 bits per heavy atom. The third kappa shape index (κ3) is 4.86. The van der Waals surface area contributed by atoms with Crippen molar-refractivity contribution in [1.29, 1.82) is 0 Å². The van der Waals surface area contributed by atoms with Crippen LogP contribution in [-0.2, 0) is 14.3 Å². The predicted molar refractivity (Wildman–Crippen MR) is 59.7 cm³/mol. The van der Waals surface area contributed by atoms with Gasteiger partial charge in [-0.05, 0) is 12.8 Å². The highest BCUT2D eigenvalue weighted by Gasteiger charge is 2.27. The van der Waals surface area contributed by atoms with Gasteiger partial charge in [0.2, 0.25) is 0 Å². The van der Waals surface area contributed by atoms with E-state index in [9.17, 15) is 9.59 Å². The van der Waals surface area contributed by atoms with E-state index in [1.165, 1.54) is 6.08 Å². The van der Waals surface area contributed by atoms with Gasteiger partial charge in [0.1, 0.15) is 12.6 Å². The summed E-state index contributed by atoms with van der Waals surface area (Å²) < 4.78 is 9.99. The molecule has 0 aromatic carbocycles. The van der Waals surface area contributed by atoms with Crippen molar-refractivity contribution >= 4 is 12.1 Å². The second-order valence-corrected chi connectivity index (χ2v) is 3.79. The number of alkyl carbamates (subject to hydrolysis) is 1. The van der Waals surface area contributed by atoms with Crippen LogP contribution >= 0.6 is 0 Å². The second kappa shape index (κ2) is 6.90. The van der Waals surface area contributed by atoms with E-state index in [2.05, 4.69) is 16.6 Å². The lowest BCUT2D eigenvalue weighted by atomic mass is 10.1. The van der Waals surface area contributed by atoms with E-state index < -0.39 is 18.1 Å². The molecule has 1 rings (SSSR count). The van der Waals surface area contributed by atoms with Crippen molar-refractivity contribution in [3.05, 3.63) is 12.7 Å². The number of carbonyl (C=O) groups excluding carboxylic acids is 1. The van der Waals surface area contributed by atoms with Crippen LogP contribution in [0.1, 0.15) is 19.3 Å². The van der Waals surface area contributed by atoms with Crippen molar-refractivity contribution in [2.45, 2.75) is 31.4 Å². The standard InChI is InChI=1S/C11H17NO5/c1-2-5-17-11(15)12-9(10(13)14)7-8-4-3-6-16-8/h2,8-9H,1,3-7H2,(H,12,15)(H,13,14)/t8-,9?/m1/s1. The highest BCUT2D eigenvalue weighted by molar-refractivity contribution is 5.79. The topological polar surface area (TPSA) is 84.9 Å². The Labute approximate surface area is 99.6 Å². The third-order valence-corrected chi connectivity index (χ3v) is 2.45. The highest BCUT2D eigenvalue weighted by Crippen LogP contribution is 2.17. The molecule has 0 aromatic heterocycles. The minimum Gasteiger partial charge on any atom is -0.480 e. The molecule has 2 atom stereocenters. The number of rotatable bonds is 6. The molecule has 1 saturated heterocycles. The molecule has 17 heavy (non-hydrogen) atoms. The summed E-state index contributed by atoms with van der Waals surface area (Å²) in [4.78, 5) is 22.2. The number of nitrogens with one attached hydrogen (secondary N) is 1. The fourth-order valence-corrected chi connectivity index (χ4v) is 1.63. The number of carbonyl (C=O) groups is 2. The summed E-state index contributed by atoms with van der Waals surface area (Å²) in [5.41, 5.74) is 0. The zero-order valence-corrected chi connectivity index (χ0v) is 9.55. The molecule has 1 aliphatic heterocycles. The van der Waals surface area contributed by atoms with Gasteiger partial charge in [-0.1, -0.05) is 12.7 Å². The van der Waals surface area contributed by atoms with Crippen LogP contribution in [0.5, 0.6) is 0 Å².